The molecule has 3 nitrogen and oxygen atoms in total. The molecule has 0 bridgehead atoms. The van der Waals surface area contributed by atoms with Crippen molar-refractivity contribution in [2.45, 2.75) is 32.6 Å². The van der Waals surface area contributed by atoms with E-state index in [0.717, 1.165) is 19.5 Å². The quantitative estimate of drug-likeness (QED) is 0.875. The summed E-state index contributed by atoms with van der Waals surface area (Å²) in [5, 5.41) is 6.50. The summed E-state index contributed by atoms with van der Waals surface area (Å²) >= 11 is 0. The molecule has 1 atom stereocenters. The molecule has 19 heavy (non-hydrogen) atoms. The Kier molecular flexibility index (Phi) is 3.21. The standard InChI is InChI=1S/C16H22N2O/c1-16(7-4-8-16)11-18-15(19)13-9-12-5-2-3-6-14(12)17-10-13/h2-3,5-6,13,17H,4,7-11H2,1H3,(H,18,19). The molecule has 0 spiro atoms. The van der Waals surface area contributed by atoms with Crippen molar-refractivity contribution in [2.75, 3.05) is 18.4 Å². The molecule has 1 aliphatic heterocycles. The van der Waals surface area contributed by atoms with Crippen LogP contribution in [-0.2, 0) is 11.2 Å². The number of nitrogens with one attached hydrogen (secondary N) is 2. The number of hydrogen-bond donors (Lipinski definition) is 2. The van der Waals surface area contributed by atoms with E-state index in [1.807, 2.05) is 12.1 Å². The lowest BCUT2D eigenvalue weighted by atomic mass is 9.70. The zero-order chi connectivity index (χ0) is 13.3. The second-order valence-electron chi connectivity index (χ2n) is 6.32. The maximum absolute atomic E-state index is 12.2. The number of fused-ring (bicyclic) bond motifs is 1. The van der Waals surface area contributed by atoms with Crippen molar-refractivity contribution in [3.63, 3.8) is 0 Å². The summed E-state index contributed by atoms with van der Waals surface area (Å²) in [5.74, 6) is 0.272. The molecule has 3 rings (SSSR count). The van der Waals surface area contributed by atoms with Gasteiger partial charge in [-0.2, -0.15) is 0 Å². The van der Waals surface area contributed by atoms with Crippen molar-refractivity contribution in [1.29, 1.82) is 0 Å². The first kappa shape index (κ1) is 12.5. The molecule has 1 amide bonds. The Bertz CT molecular complexity index is 479. The lowest BCUT2D eigenvalue weighted by molar-refractivity contribution is -0.125. The summed E-state index contributed by atoms with van der Waals surface area (Å²) in [6.07, 6.45) is 4.66. The first-order valence-corrected chi connectivity index (χ1v) is 7.26. The summed E-state index contributed by atoms with van der Waals surface area (Å²) in [6.45, 7) is 3.86. The molecule has 0 aromatic heterocycles. The molecule has 3 heteroatoms. The largest absolute Gasteiger partial charge is 0.384 e. The third kappa shape index (κ3) is 2.60. The average molecular weight is 258 g/mol. The fourth-order valence-corrected chi connectivity index (χ4v) is 3.03. The molecule has 2 aliphatic rings. The molecule has 102 valence electrons. The summed E-state index contributed by atoms with van der Waals surface area (Å²) in [6, 6.07) is 8.26. The number of para-hydroxylation sites is 1. The Balaban J connectivity index is 1.57. The van der Waals surface area contributed by atoms with Gasteiger partial charge in [-0.3, -0.25) is 4.79 Å². The van der Waals surface area contributed by atoms with Gasteiger partial charge in [0.05, 0.1) is 5.92 Å². The van der Waals surface area contributed by atoms with E-state index in [2.05, 4.69) is 29.7 Å². The van der Waals surface area contributed by atoms with Gasteiger partial charge in [-0.25, -0.2) is 0 Å². The molecule has 2 N–H and O–H groups in total. The third-order valence-corrected chi connectivity index (χ3v) is 4.64. The van der Waals surface area contributed by atoms with Crippen LogP contribution in [0.3, 0.4) is 0 Å². The zero-order valence-corrected chi connectivity index (χ0v) is 11.5. The van der Waals surface area contributed by atoms with E-state index in [0.29, 0.717) is 5.41 Å². The first-order chi connectivity index (χ1) is 9.16. The molecule has 1 unspecified atom stereocenters. The van der Waals surface area contributed by atoms with Gasteiger partial charge in [0.25, 0.3) is 0 Å². The zero-order valence-electron chi connectivity index (χ0n) is 11.5. The Hall–Kier alpha value is -1.51. The van der Waals surface area contributed by atoms with Gasteiger partial charge in [-0.15, -0.1) is 0 Å². The van der Waals surface area contributed by atoms with Crippen molar-refractivity contribution in [2.24, 2.45) is 11.3 Å². The lowest BCUT2D eigenvalue weighted by Gasteiger charge is -2.39. The lowest BCUT2D eigenvalue weighted by Crippen LogP contribution is -2.44. The summed E-state index contributed by atoms with van der Waals surface area (Å²) in [4.78, 5) is 12.2. The minimum atomic E-state index is 0.0681. The van der Waals surface area contributed by atoms with Gasteiger partial charge in [0.15, 0.2) is 0 Å². The Labute approximate surface area is 114 Å². The number of carbonyl (C=O) groups is 1. The van der Waals surface area contributed by atoms with Gasteiger partial charge < -0.3 is 10.6 Å². The van der Waals surface area contributed by atoms with Crippen LogP contribution in [0.2, 0.25) is 0 Å². The predicted molar refractivity (Wildman–Crippen MR) is 77.1 cm³/mol. The normalized spacial score (nSPS) is 23.7. The van der Waals surface area contributed by atoms with E-state index in [1.165, 1.54) is 30.5 Å². The molecule has 1 saturated carbocycles. The maximum atomic E-state index is 12.2. The maximum Gasteiger partial charge on any atom is 0.225 e. The van der Waals surface area contributed by atoms with Crippen LogP contribution in [0.15, 0.2) is 24.3 Å². The van der Waals surface area contributed by atoms with Gasteiger partial charge in [-0.1, -0.05) is 31.5 Å². The summed E-state index contributed by atoms with van der Waals surface area (Å²) < 4.78 is 0. The van der Waals surface area contributed by atoms with E-state index >= 15 is 0 Å². The van der Waals surface area contributed by atoms with E-state index < -0.39 is 0 Å². The summed E-state index contributed by atoms with van der Waals surface area (Å²) in [7, 11) is 0. The van der Waals surface area contributed by atoms with Crippen molar-refractivity contribution in [3.05, 3.63) is 29.8 Å². The van der Waals surface area contributed by atoms with Crippen LogP contribution in [0.5, 0.6) is 0 Å². The van der Waals surface area contributed by atoms with E-state index in [9.17, 15) is 4.79 Å². The Morgan fingerprint density at radius 1 is 1.42 bits per heavy atom. The monoisotopic (exact) mass is 258 g/mol. The van der Waals surface area contributed by atoms with Crippen LogP contribution in [0.1, 0.15) is 31.7 Å². The van der Waals surface area contributed by atoms with Crippen LogP contribution in [0, 0.1) is 11.3 Å². The van der Waals surface area contributed by atoms with Gasteiger partial charge in [0, 0.05) is 18.8 Å². The highest BCUT2D eigenvalue weighted by Gasteiger charge is 2.33. The SMILES string of the molecule is CC1(CNC(=O)C2CNc3ccccc3C2)CCC1. The highest BCUT2D eigenvalue weighted by atomic mass is 16.1. The second-order valence-corrected chi connectivity index (χ2v) is 6.32. The molecule has 1 aromatic carbocycles. The molecule has 1 aromatic rings. The topological polar surface area (TPSA) is 41.1 Å². The van der Waals surface area contributed by atoms with Crippen molar-refractivity contribution >= 4 is 11.6 Å². The van der Waals surface area contributed by atoms with Gasteiger partial charge >= 0.3 is 0 Å². The molecule has 1 aliphatic carbocycles. The fraction of sp³-hybridized carbons (Fsp3) is 0.562. The highest BCUT2D eigenvalue weighted by molar-refractivity contribution is 5.80. The fourth-order valence-electron chi connectivity index (χ4n) is 3.03. The van der Waals surface area contributed by atoms with Crippen LogP contribution in [0.4, 0.5) is 5.69 Å². The predicted octanol–water partition coefficient (Wildman–Crippen LogP) is 2.58. The first-order valence-electron chi connectivity index (χ1n) is 7.26. The van der Waals surface area contributed by atoms with E-state index in [-0.39, 0.29) is 11.8 Å². The van der Waals surface area contributed by atoms with Gasteiger partial charge in [0.1, 0.15) is 0 Å². The third-order valence-electron chi connectivity index (χ3n) is 4.64. The number of amides is 1. The minimum Gasteiger partial charge on any atom is -0.384 e. The average Bonchev–Trinajstić information content (AvgIpc) is 2.42. The van der Waals surface area contributed by atoms with Crippen LogP contribution in [-0.4, -0.2) is 19.0 Å². The number of anilines is 1. The highest BCUT2D eigenvalue weighted by Crippen LogP contribution is 2.39. The van der Waals surface area contributed by atoms with Crippen molar-refractivity contribution < 1.29 is 4.79 Å². The smallest absolute Gasteiger partial charge is 0.225 e. The van der Waals surface area contributed by atoms with Crippen LogP contribution >= 0.6 is 0 Å². The van der Waals surface area contributed by atoms with Gasteiger partial charge in [0.2, 0.25) is 5.91 Å². The molecule has 1 heterocycles. The number of benzene rings is 1. The molecular weight excluding hydrogens is 236 g/mol. The van der Waals surface area contributed by atoms with E-state index in [1.54, 1.807) is 0 Å². The van der Waals surface area contributed by atoms with Gasteiger partial charge in [-0.05, 0) is 36.3 Å². The van der Waals surface area contributed by atoms with Crippen molar-refractivity contribution in [3.8, 4) is 0 Å². The van der Waals surface area contributed by atoms with Crippen LogP contribution < -0.4 is 10.6 Å². The molecule has 0 radical (unpaired) electrons. The molecule has 0 saturated heterocycles. The Morgan fingerprint density at radius 2 is 2.21 bits per heavy atom. The van der Waals surface area contributed by atoms with Crippen LogP contribution in [0.25, 0.3) is 0 Å². The number of rotatable bonds is 3. The van der Waals surface area contributed by atoms with Crippen molar-refractivity contribution in [1.82, 2.24) is 5.32 Å². The Morgan fingerprint density at radius 3 is 2.95 bits per heavy atom. The number of carbonyl (C=O) groups excluding carboxylic acids is 1. The van der Waals surface area contributed by atoms with E-state index in [4.69, 9.17) is 0 Å². The summed E-state index contributed by atoms with van der Waals surface area (Å²) in [5.41, 5.74) is 2.79. The minimum absolute atomic E-state index is 0.0681. The molecule has 1 fully saturated rings. The molecular formula is C16H22N2O. The second kappa shape index (κ2) is 4.87. The number of hydrogen-bond acceptors (Lipinski definition) is 2.